The molecule has 0 saturated heterocycles. The SMILES string of the molecule is N=C(N)c1cccc(CSCCO)c1F. The highest BCUT2D eigenvalue weighted by Gasteiger charge is 2.09. The van der Waals surface area contributed by atoms with Gasteiger partial charge in [0.05, 0.1) is 12.2 Å². The molecule has 4 N–H and O–H groups in total. The van der Waals surface area contributed by atoms with E-state index in [0.717, 1.165) is 0 Å². The van der Waals surface area contributed by atoms with Gasteiger partial charge in [0.2, 0.25) is 0 Å². The molecule has 82 valence electrons. The fourth-order valence-electron chi connectivity index (χ4n) is 1.15. The number of benzene rings is 1. The predicted molar refractivity (Wildman–Crippen MR) is 60.7 cm³/mol. The highest BCUT2D eigenvalue weighted by atomic mass is 32.2. The van der Waals surface area contributed by atoms with Crippen LogP contribution in [0, 0.1) is 11.2 Å². The number of hydrogen-bond donors (Lipinski definition) is 3. The minimum atomic E-state index is -0.435. The Labute approximate surface area is 92.0 Å². The number of hydrogen-bond acceptors (Lipinski definition) is 3. The smallest absolute Gasteiger partial charge is 0.138 e. The van der Waals surface area contributed by atoms with E-state index in [1.54, 1.807) is 12.1 Å². The van der Waals surface area contributed by atoms with E-state index in [-0.39, 0.29) is 18.0 Å². The van der Waals surface area contributed by atoms with Crippen molar-refractivity contribution < 1.29 is 9.50 Å². The zero-order valence-corrected chi connectivity index (χ0v) is 8.98. The second-order valence-electron chi connectivity index (χ2n) is 2.97. The maximum Gasteiger partial charge on any atom is 0.138 e. The molecule has 0 amide bonds. The highest BCUT2D eigenvalue weighted by molar-refractivity contribution is 7.98. The molecular formula is C10H13FN2OS. The molecule has 0 bridgehead atoms. The van der Waals surface area contributed by atoms with Gasteiger partial charge in [-0.15, -0.1) is 0 Å². The molecule has 0 radical (unpaired) electrons. The van der Waals surface area contributed by atoms with E-state index < -0.39 is 5.82 Å². The van der Waals surface area contributed by atoms with Crippen molar-refractivity contribution in [2.75, 3.05) is 12.4 Å². The van der Waals surface area contributed by atoms with Gasteiger partial charge in [-0.25, -0.2) is 4.39 Å². The third-order valence-corrected chi connectivity index (χ3v) is 2.85. The Morgan fingerprint density at radius 3 is 2.87 bits per heavy atom. The summed E-state index contributed by atoms with van der Waals surface area (Å²) in [7, 11) is 0. The molecular weight excluding hydrogens is 215 g/mol. The first-order valence-electron chi connectivity index (χ1n) is 4.47. The molecule has 0 unspecified atom stereocenters. The fourth-order valence-corrected chi connectivity index (χ4v) is 1.86. The monoisotopic (exact) mass is 228 g/mol. The predicted octanol–water partition coefficient (Wildman–Crippen LogP) is 1.34. The number of nitrogens with two attached hydrogens (primary N) is 1. The maximum atomic E-state index is 13.7. The van der Waals surface area contributed by atoms with Gasteiger partial charge in [-0.1, -0.05) is 12.1 Å². The zero-order valence-electron chi connectivity index (χ0n) is 8.16. The van der Waals surface area contributed by atoms with Gasteiger partial charge in [-0.3, -0.25) is 5.41 Å². The lowest BCUT2D eigenvalue weighted by atomic mass is 10.1. The van der Waals surface area contributed by atoms with Gasteiger partial charge in [0, 0.05) is 11.5 Å². The molecule has 0 aliphatic rings. The van der Waals surface area contributed by atoms with Crippen molar-refractivity contribution in [3.8, 4) is 0 Å². The second-order valence-corrected chi connectivity index (χ2v) is 4.07. The number of amidine groups is 1. The Balaban J connectivity index is 2.80. The largest absolute Gasteiger partial charge is 0.396 e. The normalized spacial score (nSPS) is 10.3. The fraction of sp³-hybridized carbons (Fsp3) is 0.300. The molecule has 0 atom stereocenters. The molecule has 5 heteroatoms. The summed E-state index contributed by atoms with van der Waals surface area (Å²) in [4.78, 5) is 0. The van der Waals surface area contributed by atoms with Crippen LogP contribution in [0.4, 0.5) is 4.39 Å². The van der Waals surface area contributed by atoms with Crippen LogP contribution in [0.2, 0.25) is 0 Å². The van der Waals surface area contributed by atoms with E-state index in [9.17, 15) is 4.39 Å². The zero-order chi connectivity index (χ0) is 11.3. The lowest BCUT2D eigenvalue weighted by molar-refractivity contribution is 0.322. The van der Waals surface area contributed by atoms with Gasteiger partial charge in [0.25, 0.3) is 0 Å². The standard InChI is InChI=1S/C10H13FN2OS/c11-9-7(6-15-5-4-14)2-1-3-8(9)10(12)13/h1-3,14H,4-6H2,(H3,12,13). The number of halogens is 1. The van der Waals surface area contributed by atoms with Crippen LogP contribution in [0.15, 0.2) is 18.2 Å². The summed E-state index contributed by atoms with van der Waals surface area (Å²) in [5.74, 6) is 0.356. The lowest BCUT2D eigenvalue weighted by Crippen LogP contribution is -2.14. The van der Waals surface area contributed by atoms with Crippen LogP contribution in [0.5, 0.6) is 0 Å². The first-order valence-corrected chi connectivity index (χ1v) is 5.62. The highest BCUT2D eigenvalue weighted by Crippen LogP contribution is 2.18. The Morgan fingerprint density at radius 2 is 2.27 bits per heavy atom. The summed E-state index contributed by atoms with van der Waals surface area (Å²) in [5.41, 5.74) is 5.89. The third-order valence-electron chi connectivity index (χ3n) is 1.86. The van der Waals surface area contributed by atoms with Gasteiger partial charge in [0.1, 0.15) is 11.7 Å². The molecule has 0 spiro atoms. The minimum Gasteiger partial charge on any atom is -0.396 e. The number of nitrogens with one attached hydrogen (secondary N) is 1. The van der Waals surface area contributed by atoms with E-state index in [0.29, 0.717) is 17.1 Å². The molecule has 0 heterocycles. The quantitative estimate of drug-likeness (QED) is 0.404. The van der Waals surface area contributed by atoms with Crippen LogP contribution >= 0.6 is 11.8 Å². The molecule has 1 aromatic rings. The number of aliphatic hydroxyl groups excluding tert-OH is 1. The lowest BCUT2D eigenvalue weighted by Gasteiger charge is -2.06. The number of thioether (sulfide) groups is 1. The Bertz CT molecular complexity index is 357. The Kier molecular flexibility index (Phi) is 4.58. The molecule has 1 rings (SSSR count). The Morgan fingerprint density at radius 1 is 1.53 bits per heavy atom. The van der Waals surface area contributed by atoms with Gasteiger partial charge in [-0.05, 0) is 11.6 Å². The summed E-state index contributed by atoms with van der Waals surface area (Å²) >= 11 is 1.44. The maximum absolute atomic E-state index is 13.7. The summed E-state index contributed by atoms with van der Waals surface area (Å²) < 4.78 is 13.7. The average Bonchev–Trinajstić information content (AvgIpc) is 2.20. The summed E-state index contributed by atoms with van der Waals surface area (Å²) in [6.45, 7) is 0.0820. The molecule has 1 aromatic carbocycles. The molecule has 15 heavy (non-hydrogen) atoms. The molecule has 0 saturated carbocycles. The van der Waals surface area contributed by atoms with E-state index in [1.165, 1.54) is 17.8 Å². The summed E-state index contributed by atoms with van der Waals surface area (Å²) in [5, 5.41) is 15.8. The van der Waals surface area contributed by atoms with E-state index in [1.807, 2.05) is 0 Å². The topological polar surface area (TPSA) is 70.1 Å². The Hall–Kier alpha value is -1.07. The van der Waals surface area contributed by atoms with E-state index >= 15 is 0 Å². The summed E-state index contributed by atoms with van der Waals surface area (Å²) in [6.07, 6.45) is 0. The number of aliphatic hydroxyl groups is 1. The van der Waals surface area contributed by atoms with Crippen LogP contribution < -0.4 is 5.73 Å². The van der Waals surface area contributed by atoms with Crippen molar-refractivity contribution in [2.45, 2.75) is 5.75 Å². The van der Waals surface area contributed by atoms with Crippen molar-refractivity contribution in [3.05, 3.63) is 35.1 Å². The molecule has 0 aliphatic carbocycles. The van der Waals surface area contributed by atoms with Crippen molar-refractivity contribution in [1.82, 2.24) is 0 Å². The minimum absolute atomic E-state index is 0.0820. The first kappa shape index (κ1) is 12.0. The van der Waals surface area contributed by atoms with Gasteiger partial charge < -0.3 is 10.8 Å². The van der Waals surface area contributed by atoms with Crippen molar-refractivity contribution in [2.24, 2.45) is 5.73 Å². The van der Waals surface area contributed by atoms with Crippen LogP contribution in [0.25, 0.3) is 0 Å². The molecule has 0 aromatic heterocycles. The molecule has 0 aliphatic heterocycles. The number of nitrogen functional groups attached to an aromatic ring is 1. The van der Waals surface area contributed by atoms with Crippen LogP contribution in [-0.4, -0.2) is 23.3 Å². The van der Waals surface area contributed by atoms with Crippen LogP contribution in [0.3, 0.4) is 0 Å². The van der Waals surface area contributed by atoms with E-state index in [2.05, 4.69) is 0 Å². The van der Waals surface area contributed by atoms with Crippen LogP contribution in [-0.2, 0) is 5.75 Å². The van der Waals surface area contributed by atoms with Crippen molar-refractivity contribution >= 4 is 17.6 Å². The van der Waals surface area contributed by atoms with Gasteiger partial charge in [-0.2, -0.15) is 11.8 Å². The van der Waals surface area contributed by atoms with Crippen molar-refractivity contribution in [3.63, 3.8) is 0 Å². The van der Waals surface area contributed by atoms with Crippen molar-refractivity contribution in [1.29, 1.82) is 5.41 Å². The first-order chi connectivity index (χ1) is 7.16. The summed E-state index contributed by atoms with van der Waals surface area (Å²) in [6, 6.07) is 4.82. The van der Waals surface area contributed by atoms with E-state index in [4.69, 9.17) is 16.2 Å². The third kappa shape index (κ3) is 3.21. The average molecular weight is 228 g/mol. The van der Waals surface area contributed by atoms with Gasteiger partial charge >= 0.3 is 0 Å². The number of rotatable bonds is 5. The van der Waals surface area contributed by atoms with Crippen LogP contribution in [0.1, 0.15) is 11.1 Å². The molecule has 3 nitrogen and oxygen atoms in total. The van der Waals surface area contributed by atoms with Gasteiger partial charge in [0.15, 0.2) is 0 Å². The molecule has 0 fully saturated rings. The second kappa shape index (κ2) is 5.72.